The fourth-order valence-corrected chi connectivity index (χ4v) is 5.13. The summed E-state index contributed by atoms with van der Waals surface area (Å²) in [6.07, 6.45) is 2.77. The molecule has 0 saturated carbocycles. The molecule has 150 valence electrons. The Balaban J connectivity index is 1.64. The molecule has 9 heteroatoms. The fourth-order valence-electron chi connectivity index (χ4n) is 2.91. The van der Waals surface area contributed by atoms with E-state index in [9.17, 15) is 13.2 Å². The van der Waals surface area contributed by atoms with E-state index in [1.165, 1.54) is 22.5 Å². The van der Waals surface area contributed by atoms with Crippen LogP contribution in [0.3, 0.4) is 0 Å². The second-order valence-corrected chi connectivity index (χ2v) is 9.57. The molecule has 0 unspecified atom stereocenters. The third-order valence-electron chi connectivity index (χ3n) is 4.36. The summed E-state index contributed by atoms with van der Waals surface area (Å²) in [6.45, 7) is 0.792. The summed E-state index contributed by atoms with van der Waals surface area (Å²) in [5, 5.41) is 2.87. The highest BCUT2D eigenvalue weighted by Gasteiger charge is 2.26. The average Bonchev–Trinajstić information content (AvgIpc) is 2.69. The van der Waals surface area contributed by atoms with E-state index in [0.717, 1.165) is 23.7 Å². The van der Waals surface area contributed by atoms with Crippen molar-refractivity contribution in [2.45, 2.75) is 24.2 Å². The number of amides is 1. The standard InChI is InChI=1S/C19H20BrClN2O4S/c20-15-6-2-3-7-17(15)22-19(24)13-27-18-9-8-14(12-16(18)21)28(25,26)23-10-4-1-5-11-23/h2-3,6-9,12H,1,4-5,10-11,13H2,(H,22,24). The van der Waals surface area contributed by atoms with Gasteiger partial charge in [0.15, 0.2) is 6.61 Å². The maximum atomic E-state index is 12.7. The van der Waals surface area contributed by atoms with Gasteiger partial charge in [-0.1, -0.05) is 30.2 Å². The molecule has 1 aliphatic rings. The first-order valence-corrected chi connectivity index (χ1v) is 11.5. The molecule has 0 bridgehead atoms. The van der Waals surface area contributed by atoms with Gasteiger partial charge in [0.1, 0.15) is 5.75 Å². The van der Waals surface area contributed by atoms with Gasteiger partial charge in [-0.05, 0) is 59.1 Å². The van der Waals surface area contributed by atoms with Crippen molar-refractivity contribution in [2.75, 3.05) is 25.0 Å². The lowest BCUT2D eigenvalue weighted by atomic mass is 10.2. The van der Waals surface area contributed by atoms with Crippen molar-refractivity contribution in [3.63, 3.8) is 0 Å². The number of sulfonamides is 1. The number of carbonyl (C=O) groups excluding carboxylic acids is 1. The zero-order valence-corrected chi connectivity index (χ0v) is 18.2. The minimum atomic E-state index is -3.57. The Morgan fingerprint density at radius 2 is 1.86 bits per heavy atom. The lowest BCUT2D eigenvalue weighted by molar-refractivity contribution is -0.118. The predicted octanol–water partition coefficient (Wildman–Crippen LogP) is 4.29. The highest BCUT2D eigenvalue weighted by molar-refractivity contribution is 9.10. The van der Waals surface area contributed by atoms with E-state index in [-0.39, 0.29) is 28.2 Å². The van der Waals surface area contributed by atoms with Gasteiger partial charge in [0, 0.05) is 17.6 Å². The van der Waals surface area contributed by atoms with E-state index in [0.29, 0.717) is 18.8 Å². The van der Waals surface area contributed by atoms with Gasteiger partial charge < -0.3 is 10.1 Å². The minimum absolute atomic E-state index is 0.129. The van der Waals surface area contributed by atoms with E-state index in [4.69, 9.17) is 16.3 Å². The van der Waals surface area contributed by atoms with Crippen LogP contribution in [0, 0.1) is 0 Å². The minimum Gasteiger partial charge on any atom is -0.482 e. The second-order valence-electron chi connectivity index (χ2n) is 6.37. The maximum Gasteiger partial charge on any atom is 0.262 e. The molecule has 1 aliphatic heterocycles. The zero-order valence-electron chi connectivity index (χ0n) is 15.0. The molecule has 0 spiro atoms. The lowest BCUT2D eigenvalue weighted by Gasteiger charge is -2.26. The van der Waals surface area contributed by atoms with Gasteiger partial charge in [0.05, 0.1) is 15.6 Å². The number of piperidine rings is 1. The number of halogens is 2. The number of para-hydroxylation sites is 1. The van der Waals surface area contributed by atoms with Crippen molar-refractivity contribution in [1.29, 1.82) is 0 Å². The van der Waals surface area contributed by atoms with Gasteiger partial charge in [-0.15, -0.1) is 0 Å². The SMILES string of the molecule is O=C(COc1ccc(S(=O)(=O)N2CCCCC2)cc1Cl)Nc1ccccc1Br. The number of ether oxygens (including phenoxy) is 1. The zero-order chi connectivity index (χ0) is 20.1. The van der Waals surface area contributed by atoms with Gasteiger partial charge in [-0.2, -0.15) is 4.31 Å². The predicted molar refractivity (Wildman–Crippen MR) is 112 cm³/mol. The number of hydrogen-bond acceptors (Lipinski definition) is 4. The summed E-state index contributed by atoms with van der Waals surface area (Å²) in [7, 11) is -3.57. The first-order valence-electron chi connectivity index (χ1n) is 8.85. The number of hydrogen-bond donors (Lipinski definition) is 1. The van der Waals surface area contributed by atoms with Gasteiger partial charge >= 0.3 is 0 Å². The normalized spacial score (nSPS) is 15.2. The first-order chi connectivity index (χ1) is 13.4. The van der Waals surface area contributed by atoms with E-state index >= 15 is 0 Å². The van der Waals surface area contributed by atoms with Crippen molar-refractivity contribution in [3.8, 4) is 5.75 Å². The Morgan fingerprint density at radius 1 is 1.14 bits per heavy atom. The number of anilines is 1. The molecular formula is C19H20BrClN2O4S. The summed E-state index contributed by atoms with van der Waals surface area (Å²) in [5.41, 5.74) is 0.630. The average molecular weight is 488 g/mol. The maximum absolute atomic E-state index is 12.7. The summed E-state index contributed by atoms with van der Waals surface area (Å²) in [4.78, 5) is 12.2. The lowest BCUT2D eigenvalue weighted by Crippen LogP contribution is -2.35. The third kappa shape index (κ3) is 5.05. The number of nitrogens with one attached hydrogen (secondary N) is 1. The van der Waals surface area contributed by atoms with Gasteiger partial charge in [-0.3, -0.25) is 4.79 Å². The van der Waals surface area contributed by atoms with Crippen LogP contribution < -0.4 is 10.1 Å². The molecule has 1 saturated heterocycles. The number of nitrogens with zero attached hydrogens (tertiary/aromatic N) is 1. The molecule has 1 amide bonds. The van der Waals surface area contributed by atoms with E-state index in [1.807, 2.05) is 12.1 Å². The summed E-state index contributed by atoms with van der Waals surface area (Å²) < 4.78 is 33.1. The summed E-state index contributed by atoms with van der Waals surface area (Å²) in [6, 6.07) is 11.5. The molecule has 0 aliphatic carbocycles. The van der Waals surface area contributed by atoms with E-state index in [1.54, 1.807) is 12.1 Å². The van der Waals surface area contributed by atoms with Crippen LogP contribution in [0.5, 0.6) is 5.75 Å². The van der Waals surface area contributed by atoms with Crippen molar-refractivity contribution in [3.05, 3.63) is 52.0 Å². The van der Waals surface area contributed by atoms with Gasteiger partial charge in [-0.25, -0.2) is 8.42 Å². The quantitative estimate of drug-likeness (QED) is 0.659. The Bertz CT molecular complexity index is 962. The Morgan fingerprint density at radius 3 is 2.54 bits per heavy atom. The number of benzene rings is 2. The Hall–Kier alpha value is -1.61. The Labute approximate surface area is 178 Å². The van der Waals surface area contributed by atoms with Crippen molar-refractivity contribution in [2.24, 2.45) is 0 Å². The van der Waals surface area contributed by atoms with Crippen molar-refractivity contribution < 1.29 is 17.9 Å². The first kappa shape index (κ1) is 21.1. The van der Waals surface area contributed by atoms with Gasteiger partial charge in [0.25, 0.3) is 5.91 Å². The van der Waals surface area contributed by atoms with E-state index < -0.39 is 10.0 Å². The van der Waals surface area contributed by atoms with Crippen molar-refractivity contribution >= 4 is 49.1 Å². The number of rotatable bonds is 6. The van der Waals surface area contributed by atoms with Crippen LogP contribution in [0.15, 0.2) is 51.8 Å². The molecule has 1 N–H and O–H groups in total. The molecule has 0 aromatic heterocycles. The molecule has 2 aromatic rings. The molecule has 0 atom stereocenters. The highest BCUT2D eigenvalue weighted by atomic mass is 79.9. The topological polar surface area (TPSA) is 75.7 Å². The van der Waals surface area contributed by atoms with Crippen LogP contribution in [0.1, 0.15) is 19.3 Å². The van der Waals surface area contributed by atoms with Crippen LogP contribution in [0.25, 0.3) is 0 Å². The van der Waals surface area contributed by atoms with Crippen LogP contribution in [0.2, 0.25) is 5.02 Å². The largest absolute Gasteiger partial charge is 0.482 e. The molecule has 3 rings (SSSR count). The van der Waals surface area contributed by atoms with Crippen LogP contribution in [-0.2, 0) is 14.8 Å². The summed E-state index contributed by atoms with van der Waals surface area (Å²) >= 11 is 9.55. The van der Waals surface area contributed by atoms with Crippen LogP contribution in [0.4, 0.5) is 5.69 Å². The third-order valence-corrected chi connectivity index (χ3v) is 7.24. The highest BCUT2D eigenvalue weighted by Crippen LogP contribution is 2.30. The molecular weight excluding hydrogens is 468 g/mol. The molecule has 1 heterocycles. The summed E-state index contributed by atoms with van der Waals surface area (Å²) in [5.74, 6) is -0.102. The van der Waals surface area contributed by atoms with Crippen LogP contribution >= 0.6 is 27.5 Å². The van der Waals surface area contributed by atoms with Crippen LogP contribution in [-0.4, -0.2) is 38.3 Å². The molecule has 1 fully saturated rings. The fraction of sp³-hybridized carbons (Fsp3) is 0.316. The van der Waals surface area contributed by atoms with E-state index in [2.05, 4.69) is 21.2 Å². The Kier molecular flexibility index (Phi) is 6.98. The second kappa shape index (κ2) is 9.26. The van der Waals surface area contributed by atoms with Gasteiger partial charge in [0.2, 0.25) is 10.0 Å². The van der Waals surface area contributed by atoms with Crippen molar-refractivity contribution in [1.82, 2.24) is 4.31 Å². The molecule has 0 radical (unpaired) electrons. The smallest absolute Gasteiger partial charge is 0.262 e. The molecule has 28 heavy (non-hydrogen) atoms. The monoisotopic (exact) mass is 486 g/mol. The molecule has 6 nitrogen and oxygen atoms in total. The molecule has 2 aromatic carbocycles. The number of carbonyl (C=O) groups is 1.